The summed E-state index contributed by atoms with van der Waals surface area (Å²) in [6.07, 6.45) is -4.56. The summed E-state index contributed by atoms with van der Waals surface area (Å²) in [5.41, 5.74) is -0.706. The van der Waals surface area contributed by atoms with Crippen molar-refractivity contribution in [3.8, 4) is 0 Å². The third-order valence-electron chi connectivity index (χ3n) is 2.10. The smallest absolute Gasteiger partial charge is 0.411 e. The van der Waals surface area contributed by atoms with Gasteiger partial charge >= 0.3 is 12.1 Å². The van der Waals surface area contributed by atoms with Gasteiger partial charge in [0.15, 0.2) is 0 Å². The lowest BCUT2D eigenvalue weighted by Gasteiger charge is -2.21. The minimum absolute atomic E-state index is 0.0153. The first-order chi connectivity index (χ1) is 8.52. The monoisotopic (exact) mass is 285 g/mol. The van der Waals surface area contributed by atoms with E-state index in [2.05, 4.69) is 10.1 Å². The number of ether oxygens (including phenoxy) is 1. The largest absolute Gasteiger partial charge is 0.481 e. The van der Waals surface area contributed by atoms with Crippen LogP contribution in [-0.4, -0.2) is 42.9 Å². The van der Waals surface area contributed by atoms with Gasteiger partial charge in [0.1, 0.15) is 6.61 Å². The van der Waals surface area contributed by atoms with E-state index >= 15 is 0 Å². The van der Waals surface area contributed by atoms with E-state index in [0.29, 0.717) is 0 Å². The third-order valence-corrected chi connectivity index (χ3v) is 2.10. The van der Waals surface area contributed by atoms with Crippen LogP contribution in [0, 0.1) is 5.41 Å². The zero-order valence-electron chi connectivity index (χ0n) is 10.8. The molecule has 0 bridgehead atoms. The standard InChI is InChI=1S/C11H18F3NO4/c1-10(2,6-9(17)18)5-8(16)15-3-4-19-7-11(12,13)14/h3-7H2,1-2H3,(H,15,16)(H,17,18). The minimum Gasteiger partial charge on any atom is -0.481 e. The maximum absolute atomic E-state index is 11.7. The maximum atomic E-state index is 11.7. The van der Waals surface area contributed by atoms with Gasteiger partial charge in [0.2, 0.25) is 5.91 Å². The molecule has 0 aliphatic carbocycles. The van der Waals surface area contributed by atoms with E-state index in [1.807, 2.05) is 0 Å². The summed E-state index contributed by atoms with van der Waals surface area (Å²) in [4.78, 5) is 21.9. The normalized spacial score (nSPS) is 12.3. The summed E-state index contributed by atoms with van der Waals surface area (Å²) >= 11 is 0. The molecule has 0 aromatic carbocycles. The maximum Gasteiger partial charge on any atom is 0.411 e. The first kappa shape index (κ1) is 17.7. The number of hydrogen-bond acceptors (Lipinski definition) is 3. The molecule has 0 radical (unpaired) electrons. The topological polar surface area (TPSA) is 75.6 Å². The summed E-state index contributed by atoms with van der Waals surface area (Å²) in [6.45, 7) is 1.61. The molecule has 0 saturated heterocycles. The highest BCUT2D eigenvalue weighted by Crippen LogP contribution is 2.24. The van der Waals surface area contributed by atoms with E-state index in [-0.39, 0.29) is 26.0 Å². The summed E-state index contributed by atoms with van der Waals surface area (Å²) in [6, 6.07) is 0. The van der Waals surface area contributed by atoms with Gasteiger partial charge in [-0.05, 0) is 5.41 Å². The minimum atomic E-state index is -4.38. The van der Waals surface area contributed by atoms with E-state index in [9.17, 15) is 22.8 Å². The summed E-state index contributed by atoms with van der Waals surface area (Å²) in [7, 11) is 0. The molecule has 0 saturated carbocycles. The fourth-order valence-electron chi connectivity index (χ4n) is 1.42. The molecular formula is C11H18F3NO4. The molecule has 0 atom stereocenters. The second-order valence-electron chi connectivity index (χ2n) is 4.93. The molecule has 19 heavy (non-hydrogen) atoms. The van der Waals surface area contributed by atoms with Crippen LogP contribution < -0.4 is 5.32 Å². The van der Waals surface area contributed by atoms with Gasteiger partial charge in [-0.1, -0.05) is 13.8 Å². The number of carbonyl (C=O) groups excluding carboxylic acids is 1. The first-order valence-electron chi connectivity index (χ1n) is 5.65. The van der Waals surface area contributed by atoms with E-state index in [0.717, 1.165) is 0 Å². The van der Waals surface area contributed by atoms with E-state index < -0.39 is 30.1 Å². The van der Waals surface area contributed by atoms with Gasteiger partial charge in [0, 0.05) is 13.0 Å². The molecule has 0 unspecified atom stereocenters. The van der Waals surface area contributed by atoms with Crippen LogP contribution in [0.15, 0.2) is 0 Å². The fraction of sp³-hybridized carbons (Fsp3) is 0.818. The highest BCUT2D eigenvalue weighted by molar-refractivity contribution is 5.77. The molecular weight excluding hydrogens is 267 g/mol. The van der Waals surface area contributed by atoms with Crippen LogP contribution in [0.2, 0.25) is 0 Å². The molecule has 2 N–H and O–H groups in total. The Bertz CT molecular complexity index is 316. The number of carboxylic acid groups (broad SMARTS) is 1. The Morgan fingerprint density at radius 2 is 1.79 bits per heavy atom. The second-order valence-corrected chi connectivity index (χ2v) is 4.93. The van der Waals surface area contributed by atoms with Crippen molar-refractivity contribution < 1.29 is 32.6 Å². The number of amides is 1. The van der Waals surface area contributed by atoms with Gasteiger partial charge in [0.25, 0.3) is 0 Å². The SMILES string of the molecule is CC(C)(CC(=O)O)CC(=O)NCCOCC(F)(F)F. The zero-order valence-corrected chi connectivity index (χ0v) is 10.8. The molecule has 0 aliphatic rings. The fourth-order valence-corrected chi connectivity index (χ4v) is 1.42. The molecule has 0 aromatic heterocycles. The van der Waals surface area contributed by atoms with Crippen LogP contribution in [0.3, 0.4) is 0 Å². The summed E-state index contributed by atoms with van der Waals surface area (Å²) in [5.74, 6) is -1.42. The summed E-state index contributed by atoms with van der Waals surface area (Å²) in [5, 5.41) is 11.0. The van der Waals surface area contributed by atoms with Crippen molar-refractivity contribution in [1.82, 2.24) is 5.32 Å². The second kappa shape index (κ2) is 7.32. The average molecular weight is 285 g/mol. The number of hydrogen-bond donors (Lipinski definition) is 2. The van der Waals surface area contributed by atoms with E-state index in [1.165, 1.54) is 0 Å². The van der Waals surface area contributed by atoms with Gasteiger partial charge in [-0.15, -0.1) is 0 Å². The third kappa shape index (κ3) is 11.5. The highest BCUT2D eigenvalue weighted by atomic mass is 19.4. The van der Waals surface area contributed by atoms with Crippen molar-refractivity contribution in [2.24, 2.45) is 5.41 Å². The molecule has 8 heteroatoms. The number of carbonyl (C=O) groups is 2. The van der Waals surface area contributed by atoms with Crippen molar-refractivity contribution in [2.75, 3.05) is 19.8 Å². The van der Waals surface area contributed by atoms with Crippen LogP contribution in [0.4, 0.5) is 13.2 Å². The molecule has 0 aliphatic heterocycles. The van der Waals surface area contributed by atoms with E-state index in [4.69, 9.17) is 5.11 Å². The molecule has 112 valence electrons. The van der Waals surface area contributed by atoms with Gasteiger partial charge < -0.3 is 15.2 Å². The Morgan fingerprint density at radius 3 is 2.26 bits per heavy atom. The van der Waals surface area contributed by atoms with Crippen LogP contribution in [-0.2, 0) is 14.3 Å². The molecule has 0 aromatic rings. The lowest BCUT2D eigenvalue weighted by Crippen LogP contribution is -2.32. The van der Waals surface area contributed by atoms with Gasteiger partial charge in [-0.3, -0.25) is 9.59 Å². The molecule has 0 fully saturated rings. The average Bonchev–Trinajstić information content (AvgIpc) is 2.11. The molecule has 1 amide bonds. The number of rotatable bonds is 8. The number of alkyl halides is 3. The number of carboxylic acids is 1. The lowest BCUT2D eigenvalue weighted by atomic mass is 9.85. The van der Waals surface area contributed by atoms with E-state index in [1.54, 1.807) is 13.8 Å². The van der Waals surface area contributed by atoms with Crippen molar-refractivity contribution in [3.63, 3.8) is 0 Å². The number of halogens is 3. The lowest BCUT2D eigenvalue weighted by molar-refractivity contribution is -0.173. The van der Waals surface area contributed by atoms with Gasteiger partial charge in [-0.25, -0.2) is 0 Å². The predicted molar refractivity (Wildman–Crippen MR) is 60.5 cm³/mol. The van der Waals surface area contributed by atoms with Gasteiger partial charge in [-0.2, -0.15) is 13.2 Å². The quantitative estimate of drug-likeness (QED) is 0.664. The van der Waals surface area contributed by atoms with Crippen molar-refractivity contribution in [3.05, 3.63) is 0 Å². The molecule has 0 heterocycles. The van der Waals surface area contributed by atoms with Crippen molar-refractivity contribution in [2.45, 2.75) is 32.9 Å². The van der Waals surface area contributed by atoms with Crippen molar-refractivity contribution >= 4 is 11.9 Å². The van der Waals surface area contributed by atoms with Crippen LogP contribution >= 0.6 is 0 Å². The number of nitrogens with one attached hydrogen (secondary N) is 1. The van der Waals surface area contributed by atoms with Crippen LogP contribution in [0.1, 0.15) is 26.7 Å². The summed E-state index contributed by atoms with van der Waals surface area (Å²) < 4.78 is 39.5. The Hall–Kier alpha value is -1.31. The predicted octanol–water partition coefficient (Wildman–Crippen LogP) is 1.57. The molecule has 0 spiro atoms. The molecule has 5 nitrogen and oxygen atoms in total. The van der Waals surface area contributed by atoms with Gasteiger partial charge in [0.05, 0.1) is 13.0 Å². The van der Waals surface area contributed by atoms with Crippen LogP contribution in [0.25, 0.3) is 0 Å². The zero-order chi connectivity index (χ0) is 15.1. The highest BCUT2D eigenvalue weighted by Gasteiger charge is 2.27. The first-order valence-corrected chi connectivity index (χ1v) is 5.65. The van der Waals surface area contributed by atoms with Crippen LogP contribution in [0.5, 0.6) is 0 Å². The van der Waals surface area contributed by atoms with Crippen molar-refractivity contribution in [1.29, 1.82) is 0 Å². The Labute approximate surface area is 109 Å². The Morgan fingerprint density at radius 1 is 1.21 bits per heavy atom. The Balaban J connectivity index is 3.79. The molecule has 0 rings (SSSR count). The Kier molecular flexibility index (Phi) is 6.82. The number of aliphatic carboxylic acids is 1.